The number of nitrogens with one attached hydrogen (secondary N) is 1. The Morgan fingerprint density at radius 3 is 2.64 bits per heavy atom. The molecule has 0 radical (unpaired) electrons. The van der Waals surface area contributed by atoms with E-state index in [1.54, 1.807) is 17.9 Å². The number of ether oxygens (including phenoxy) is 1. The molecule has 0 saturated heterocycles. The lowest BCUT2D eigenvalue weighted by Gasteiger charge is -2.10. The Morgan fingerprint density at radius 2 is 1.92 bits per heavy atom. The van der Waals surface area contributed by atoms with Gasteiger partial charge in [0, 0.05) is 24.9 Å². The summed E-state index contributed by atoms with van der Waals surface area (Å²) in [5.41, 5.74) is 15.9. The highest BCUT2D eigenvalue weighted by Gasteiger charge is 2.18. The van der Waals surface area contributed by atoms with E-state index in [0.717, 1.165) is 16.8 Å². The Morgan fingerprint density at radius 1 is 1.12 bits per heavy atom. The maximum Gasteiger partial charge on any atom is 0.182 e. The van der Waals surface area contributed by atoms with E-state index in [9.17, 15) is 0 Å². The molecule has 0 atom stereocenters. The van der Waals surface area contributed by atoms with Crippen LogP contribution in [0.4, 0.5) is 11.5 Å². The van der Waals surface area contributed by atoms with Crippen molar-refractivity contribution in [2.75, 3.05) is 18.6 Å². The highest BCUT2D eigenvalue weighted by Crippen LogP contribution is 2.38. The normalized spacial score (nSPS) is 11.1. The molecule has 0 unspecified atom stereocenters. The summed E-state index contributed by atoms with van der Waals surface area (Å²) in [4.78, 5) is 11.9. The summed E-state index contributed by atoms with van der Waals surface area (Å²) in [5.74, 6) is 1.61. The molecule has 3 heterocycles. The predicted molar refractivity (Wildman–Crippen MR) is 96.9 cm³/mol. The van der Waals surface area contributed by atoms with Crippen molar-refractivity contribution in [3.63, 3.8) is 0 Å². The lowest BCUT2D eigenvalue weighted by atomic mass is 10.1. The van der Waals surface area contributed by atoms with E-state index in [2.05, 4.69) is 20.1 Å². The van der Waals surface area contributed by atoms with E-state index in [1.807, 2.05) is 37.5 Å². The quantitative estimate of drug-likeness (QED) is 0.528. The fourth-order valence-electron chi connectivity index (χ4n) is 2.86. The molecular formula is C17H17N7O. The van der Waals surface area contributed by atoms with Crippen LogP contribution in [0.25, 0.3) is 33.8 Å². The number of anilines is 2. The van der Waals surface area contributed by atoms with Gasteiger partial charge >= 0.3 is 0 Å². The van der Waals surface area contributed by atoms with Crippen LogP contribution in [0.2, 0.25) is 0 Å². The Hall–Kier alpha value is -3.55. The summed E-state index contributed by atoms with van der Waals surface area (Å²) in [6.07, 6.45) is 1.88. The molecule has 5 N–H and O–H groups in total. The number of para-hydroxylation sites is 1. The SMILES string of the molecule is COc1c(-c2ccn(C)n2)cccc1-c1nc2nc(N)cc(N)c2[nH]1. The van der Waals surface area contributed by atoms with Crippen LogP contribution in [0.15, 0.2) is 36.5 Å². The van der Waals surface area contributed by atoms with Gasteiger partial charge in [-0.25, -0.2) is 9.97 Å². The van der Waals surface area contributed by atoms with Gasteiger partial charge in [-0.3, -0.25) is 4.68 Å². The standard InChI is InChI=1S/C17H17N7O/c1-24-7-6-12(23-24)9-4-3-5-10(15(9)25-2)16-21-14-11(18)8-13(19)20-17(14)22-16/h3-8H,1-2H3,(H5,18,19,20,21,22). The Labute approximate surface area is 143 Å². The average Bonchev–Trinajstić information content (AvgIpc) is 3.20. The van der Waals surface area contributed by atoms with E-state index in [0.29, 0.717) is 34.2 Å². The molecule has 0 amide bonds. The zero-order valence-electron chi connectivity index (χ0n) is 13.8. The number of nitrogens with two attached hydrogens (primary N) is 2. The molecule has 0 aliphatic carbocycles. The van der Waals surface area contributed by atoms with Crippen molar-refractivity contribution in [2.24, 2.45) is 7.05 Å². The van der Waals surface area contributed by atoms with Crippen molar-refractivity contribution >= 4 is 22.7 Å². The molecular weight excluding hydrogens is 318 g/mol. The van der Waals surface area contributed by atoms with Crippen LogP contribution in [0.5, 0.6) is 5.75 Å². The van der Waals surface area contributed by atoms with Crippen molar-refractivity contribution in [2.45, 2.75) is 0 Å². The second-order valence-electron chi connectivity index (χ2n) is 5.68. The number of H-pyrrole nitrogens is 1. The highest BCUT2D eigenvalue weighted by molar-refractivity contribution is 5.90. The summed E-state index contributed by atoms with van der Waals surface area (Å²) in [6, 6.07) is 9.34. The van der Waals surface area contributed by atoms with E-state index in [1.165, 1.54) is 0 Å². The van der Waals surface area contributed by atoms with Gasteiger partial charge in [-0.05, 0) is 18.2 Å². The molecule has 25 heavy (non-hydrogen) atoms. The first-order valence-electron chi connectivity index (χ1n) is 7.66. The second-order valence-corrected chi connectivity index (χ2v) is 5.68. The monoisotopic (exact) mass is 335 g/mol. The Bertz CT molecular complexity index is 1080. The van der Waals surface area contributed by atoms with Gasteiger partial charge in [0.05, 0.1) is 24.1 Å². The van der Waals surface area contributed by atoms with Crippen LogP contribution in [0, 0.1) is 0 Å². The maximum absolute atomic E-state index is 6.01. The number of benzene rings is 1. The number of aromatic amines is 1. The number of fused-ring (bicyclic) bond motifs is 1. The number of pyridine rings is 1. The fourth-order valence-corrected chi connectivity index (χ4v) is 2.86. The minimum atomic E-state index is 0.331. The number of hydrogen-bond donors (Lipinski definition) is 3. The molecule has 0 fully saturated rings. The van der Waals surface area contributed by atoms with Crippen molar-refractivity contribution in [3.05, 3.63) is 36.5 Å². The summed E-state index contributed by atoms with van der Waals surface area (Å²) in [5, 5.41) is 4.45. The average molecular weight is 335 g/mol. The van der Waals surface area contributed by atoms with Gasteiger partial charge in [0.2, 0.25) is 0 Å². The maximum atomic E-state index is 6.01. The van der Waals surface area contributed by atoms with Crippen LogP contribution < -0.4 is 16.2 Å². The number of nitrogens with zero attached hydrogens (tertiary/aromatic N) is 4. The molecule has 0 spiro atoms. The number of hydrogen-bond acceptors (Lipinski definition) is 6. The largest absolute Gasteiger partial charge is 0.495 e. The minimum Gasteiger partial charge on any atom is -0.495 e. The van der Waals surface area contributed by atoms with Gasteiger partial charge in [-0.2, -0.15) is 5.10 Å². The van der Waals surface area contributed by atoms with E-state index < -0.39 is 0 Å². The third kappa shape index (κ3) is 2.44. The van der Waals surface area contributed by atoms with Crippen LogP contribution >= 0.6 is 0 Å². The Balaban J connectivity index is 1.92. The summed E-state index contributed by atoms with van der Waals surface area (Å²) >= 11 is 0. The van der Waals surface area contributed by atoms with Crippen LogP contribution in [0.3, 0.4) is 0 Å². The smallest absolute Gasteiger partial charge is 0.182 e. The number of aromatic nitrogens is 5. The molecule has 4 rings (SSSR count). The van der Waals surface area contributed by atoms with Gasteiger partial charge in [0.25, 0.3) is 0 Å². The van der Waals surface area contributed by atoms with Crippen LogP contribution in [0.1, 0.15) is 0 Å². The number of imidazole rings is 1. The van der Waals surface area contributed by atoms with Gasteiger partial charge in [-0.1, -0.05) is 6.07 Å². The highest BCUT2D eigenvalue weighted by atomic mass is 16.5. The number of rotatable bonds is 3. The first-order chi connectivity index (χ1) is 12.1. The van der Waals surface area contributed by atoms with Crippen molar-refractivity contribution in [1.29, 1.82) is 0 Å². The molecule has 0 aliphatic heterocycles. The molecule has 0 aliphatic rings. The van der Waals surface area contributed by atoms with Gasteiger partial charge in [0.15, 0.2) is 5.65 Å². The summed E-state index contributed by atoms with van der Waals surface area (Å²) in [6.45, 7) is 0. The lowest BCUT2D eigenvalue weighted by Crippen LogP contribution is -1.94. The molecule has 8 nitrogen and oxygen atoms in total. The molecule has 8 heteroatoms. The number of aryl methyl sites for hydroxylation is 1. The van der Waals surface area contributed by atoms with E-state index in [-0.39, 0.29) is 0 Å². The molecule has 1 aromatic carbocycles. The minimum absolute atomic E-state index is 0.331. The first-order valence-corrected chi connectivity index (χ1v) is 7.66. The van der Waals surface area contributed by atoms with E-state index >= 15 is 0 Å². The molecule has 4 aromatic rings. The van der Waals surface area contributed by atoms with Crippen LogP contribution in [-0.4, -0.2) is 31.8 Å². The summed E-state index contributed by atoms with van der Waals surface area (Å²) in [7, 11) is 3.50. The van der Waals surface area contributed by atoms with Crippen molar-refractivity contribution in [1.82, 2.24) is 24.7 Å². The lowest BCUT2D eigenvalue weighted by molar-refractivity contribution is 0.417. The first kappa shape index (κ1) is 15.0. The molecule has 3 aromatic heterocycles. The number of methoxy groups -OCH3 is 1. The predicted octanol–water partition coefficient (Wildman–Crippen LogP) is 2.20. The van der Waals surface area contributed by atoms with E-state index in [4.69, 9.17) is 16.2 Å². The number of nitrogen functional groups attached to an aromatic ring is 2. The zero-order valence-corrected chi connectivity index (χ0v) is 13.8. The van der Waals surface area contributed by atoms with Crippen LogP contribution in [-0.2, 0) is 7.05 Å². The van der Waals surface area contributed by atoms with Gasteiger partial charge in [-0.15, -0.1) is 0 Å². The Kier molecular flexibility index (Phi) is 3.31. The third-order valence-electron chi connectivity index (χ3n) is 3.98. The zero-order chi connectivity index (χ0) is 17.6. The van der Waals surface area contributed by atoms with Crippen molar-refractivity contribution in [3.8, 4) is 28.4 Å². The fraction of sp³-hybridized carbons (Fsp3) is 0.118. The van der Waals surface area contributed by atoms with Crippen molar-refractivity contribution < 1.29 is 4.74 Å². The van der Waals surface area contributed by atoms with Gasteiger partial charge in [0.1, 0.15) is 22.9 Å². The third-order valence-corrected chi connectivity index (χ3v) is 3.98. The molecule has 126 valence electrons. The summed E-state index contributed by atoms with van der Waals surface area (Å²) < 4.78 is 7.40. The molecule has 0 bridgehead atoms. The molecule has 0 saturated carbocycles. The van der Waals surface area contributed by atoms with Gasteiger partial charge < -0.3 is 21.2 Å². The topological polar surface area (TPSA) is 121 Å². The second kappa shape index (κ2) is 5.52.